The molecule has 2 aliphatic rings. The smallest absolute Gasteiger partial charge is 0.367 e. The number of aromatic amines is 1. The fraction of sp³-hybridized carbons (Fsp3) is 0.393. The number of halogens is 4. The molecule has 1 aliphatic carbocycles. The van der Waals surface area contributed by atoms with Crippen molar-refractivity contribution >= 4 is 23.1 Å². The summed E-state index contributed by atoms with van der Waals surface area (Å²) in [7, 11) is 0. The molecule has 0 bridgehead atoms. The number of piperazine rings is 1. The molecule has 1 aromatic carbocycles. The van der Waals surface area contributed by atoms with E-state index in [0.717, 1.165) is 19.0 Å². The normalized spacial score (nSPS) is 16.6. The van der Waals surface area contributed by atoms with Crippen molar-refractivity contribution in [2.24, 2.45) is 0 Å². The zero-order chi connectivity index (χ0) is 28.3. The number of nitrogens with zero attached hydrogens (tertiary/aromatic N) is 2. The van der Waals surface area contributed by atoms with E-state index in [9.17, 15) is 22.8 Å². The molecule has 5 rings (SSSR count). The molecule has 2 aromatic heterocycles. The number of benzene rings is 1. The lowest BCUT2D eigenvalue weighted by Crippen LogP contribution is -2.43. The van der Waals surface area contributed by atoms with Crippen LogP contribution >= 0.6 is 0 Å². The van der Waals surface area contributed by atoms with Crippen molar-refractivity contribution in [3.05, 3.63) is 70.0 Å². The first-order valence-corrected chi connectivity index (χ1v) is 13.3. The van der Waals surface area contributed by atoms with Crippen molar-refractivity contribution in [2.45, 2.75) is 44.3 Å². The number of anilines is 3. The molecule has 3 heterocycles. The Labute approximate surface area is 228 Å². The largest absolute Gasteiger partial charge is 0.417 e. The van der Waals surface area contributed by atoms with Crippen LogP contribution in [0.15, 0.2) is 47.5 Å². The van der Waals surface area contributed by atoms with E-state index in [1.165, 1.54) is 37.6 Å². The van der Waals surface area contributed by atoms with Gasteiger partial charge in [-0.1, -0.05) is 19.3 Å². The van der Waals surface area contributed by atoms with Gasteiger partial charge in [0.25, 0.3) is 5.91 Å². The second-order valence-corrected chi connectivity index (χ2v) is 10.1. The number of carbonyl (C=O) groups excluding carboxylic acids is 1. The van der Waals surface area contributed by atoms with Gasteiger partial charge in [-0.25, -0.2) is 9.37 Å². The van der Waals surface area contributed by atoms with E-state index >= 15 is 4.39 Å². The summed E-state index contributed by atoms with van der Waals surface area (Å²) in [6, 6.07) is 6.87. The van der Waals surface area contributed by atoms with Crippen LogP contribution in [0.5, 0.6) is 0 Å². The van der Waals surface area contributed by atoms with Gasteiger partial charge in [-0.15, -0.1) is 0 Å². The van der Waals surface area contributed by atoms with Gasteiger partial charge in [-0.05, 0) is 37.1 Å². The third-order valence-corrected chi connectivity index (χ3v) is 7.30. The van der Waals surface area contributed by atoms with Gasteiger partial charge in [-0.3, -0.25) is 9.59 Å². The fourth-order valence-corrected chi connectivity index (χ4v) is 5.23. The molecule has 1 saturated carbocycles. The molecule has 1 aliphatic heterocycles. The molecule has 0 radical (unpaired) electrons. The van der Waals surface area contributed by atoms with Crippen molar-refractivity contribution in [3.8, 4) is 11.1 Å². The molecule has 0 spiro atoms. The van der Waals surface area contributed by atoms with Crippen molar-refractivity contribution in [2.75, 3.05) is 41.7 Å². The van der Waals surface area contributed by atoms with Gasteiger partial charge in [0.05, 0.1) is 22.5 Å². The van der Waals surface area contributed by atoms with Gasteiger partial charge in [0.1, 0.15) is 11.6 Å². The zero-order valence-electron chi connectivity index (χ0n) is 21.7. The molecule has 1 amide bonds. The number of rotatable bonds is 6. The Hall–Kier alpha value is -3.93. The second-order valence-electron chi connectivity index (χ2n) is 10.1. The molecular weight excluding hydrogens is 528 g/mol. The van der Waals surface area contributed by atoms with Crippen LogP contribution in [0.1, 0.15) is 48.0 Å². The summed E-state index contributed by atoms with van der Waals surface area (Å²) in [5.41, 5.74) is -2.00. The van der Waals surface area contributed by atoms with Crippen LogP contribution < -0.4 is 26.4 Å². The molecule has 8 nitrogen and oxygen atoms in total. The van der Waals surface area contributed by atoms with Crippen LogP contribution in [0.4, 0.5) is 34.8 Å². The average Bonchev–Trinajstić information content (AvgIpc) is 2.95. The maximum Gasteiger partial charge on any atom is 0.417 e. The Bertz CT molecular complexity index is 1410. The van der Waals surface area contributed by atoms with Crippen LogP contribution in [-0.2, 0) is 6.18 Å². The van der Waals surface area contributed by atoms with E-state index in [-0.39, 0.29) is 11.3 Å². The van der Waals surface area contributed by atoms with Crippen LogP contribution in [0.3, 0.4) is 0 Å². The maximum atomic E-state index is 15.5. The van der Waals surface area contributed by atoms with Crippen molar-refractivity contribution in [1.82, 2.24) is 15.3 Å². The minimum Gasteiger partial charge on any atom is -0.367 e. The predicted octanol–water partition coefficient (Wildman–Crippen LogP) is 5.00. The van der Waals surface area contributed by atoms with E-state index in [2.05, 4.69) is 25.9 Å². The van der Waals surface area contributed by atoms with E-state index in [1.807, 2.05) is 4.90 Å². The Morgan fingerprint density at radius 3 is 2.48 bits per heavy atom. The number of pyridine rings is 2. The van der Waals surface area contributed by atoms with E-state index in [1.54, 1.807) is 12.1 Å². The second kappa shape index (κ2) is 11.7. The first-order chi connectivity index (χ1) is 19.2. The number of alkyl halides is 3. The highest BCUT2D eigenvalue weighted by Crippen LogP contribution is 2.36. The molecule has 0 unspecified atom stereocenters. The summed E-state index contributed by atoms with van der Waals surface area (Å²) < 4.78 is 56.3. The molecule has 2 fully saturated rings. The van der Waals surface area contributed by atoms with Gasteiger partial charge in [0, 0.05) is 61.8 Å². The standard InChI is InChI=1S/C28H30F4N6O2/c29-22-14-24(38-10-8-33-9-11-38)23(37-27(40)20-16-35-26(39)13-21(20)28(30,31)32)12-19(22)17-6-7-25(34-15-17)36-18-4-2-1-3-5-18/h6-7,12-16,18,33H,1-5,8-11H2,(H,34,36)(H,35,39)(H,37,40). The third kappa shape index (κ3) is 6.27. The summed E-state index contributed by atoms with van der Waals surface area (Å²) >= 11 is 0. The minimum absolute atomic E-state index is 0.142. The van der Waals surface area contributed by atoms with E-state index in [0.29, 0.717) is 55.4 Å². The number of carbonyl (C=O) groups is 1. The Balaban J connectivity index is 1.48. The first kappa shape index (κ1) is 27.6. The lowest BCUT2D eigenvalue weighted by Gasteiger charge is -2.31. The zero-order valence-corrected chi connectivity index (χ0v) is 21.7. The molecule has 4 N–H and O–H groups in total. The number of nitrogens with one attached hydrogen (secondary N) is 4. The van der Waals surface area contributed by atoms with Gasteiger partial charge in [0.2, 0.25) is 5.56 Å². The summed E-state index contributed by atoms with van der Waals surface area (Å²) in [4.78, 5) is 33.1. The van der Waals surface area contributed by atoms with Gasteiger partial charge in [0.15, 0.2) is 0 Å². The molecule has 0 atom stereocenters. The Morgan fingerprint density at radius 2 is 1.80 bits per heavy atom. The highest BCUT2D eigenvalue weighted by atomic mass is 19.4. The topological polar surface area (TPSA) is 102 Å². The highest BCUT2D eigenvalue weighted by Gasteiger charge is 2.36. The Kier molecular flexibility index (Phi) is 8.06. The number of H-pyrrole nitrogens is 1. The summed E-state index contributed by atoms with van der Waals surface area (Å²) in [6.45, 7) is 2.26. The van der Waals surface area contributed by atoms with Crippen molar-refractivity contribution in [1.29, 1.82) is 0 Å². The van der Waals surface area contributed by atoms with Crippen molar-refractivity contribution < 1.29 is 22.4 Å². The number of amides is 1. The average molecular weight is 559 g/mol. The van der Waals surface area contributed by atoms with Crippen LogP contribution in [-0.4, -0.2) is 48.1 Å². The highest BCUT2D eigenvalue weighted by molar-refractivity contribution is 6.07. The molecule has 3 aromatic rings. The van der Waals surface area contributed by atoms with Gasteiger partial charge >= 0.3 is 6.18 Å². The third-order valence-electron chi connectivity index (χ3n) is 7.30. The molecule has 12 heteroatoms. The quantitative estimate of drug-likeness (QED) is 0.318. The van der Waals surface area contributed by atoms with E-state index < -0.39 is 34.6 Å². The lowest BCUT2D eigenvalue weighted by atomic mass is 9.95. The molecular formula is C28H30F4N6O2. The number of hydrogen-bond acceptors (Lipinski definition) is 6. The van der Waals surface area contributed by atoms with Crippen molar-refractivity contribution in [3.63, 3.8) is 0 Å². The Morgan fingerprint density at radius 1 is 1.05 bits per heavy atom. The lowest BCUT2D eigenvalue weighted by molar-refractivity contribution is -0.138. The SMILES string of the molecule is O=C(Nc1cc(-c2ccc(NC3CCCCC3)nc2)c(F)cc1N1CCNCC1)c1c[nH]c(=O)cc1C(F)(F)F. The molecule has 212 valence electrons. The van der Waals surface area contributed by atoms with E-state index in [4.69, 9.17) is 0 Å². The summed E-state index contributed by atoms with van der Waals surface area (Å²) in [6.07, 6.45) is 3.04. The monoisotopic (exact) mass is 558 g/mol. The minimum atomic E-state index is -4.92. The predicted molar refractivity (Wildman–Crippen MR) is 145 cm³/mol. The fourth-order valence-electron chi connectivity index (χ4n) is 5.23. The number of hydrogen-bond donors (Lipinski definition) is 4. The number of aromatic nitrogens is 2. The maximum absolute atomic E-state index is 15.5. The molecule has 40 heavy (non-hydrogen) atoms. The van der Waals surface area contributed by atoms with Crippen LogP contribution in [0, 0.1) is 5.82 Å². The van der Waals surface area contributed by atoms with Crippen LogP contribution in [0.2, 0.25) is 0 Å². The van der Waals surface area contributed by atoms with Gasteiger partial charge < -0.3 is 25.8 Å². The van der Waals surface area contributed by atoms with Crippen LogP contribution in [0.25, 0.3) is 11.1 Å². The van der Waals surface area contributed by atoms with Gasteiger partial charge in [-0.2, -0.15) is 13.2 Å². The summed E-state index contributed by atoms with van der Waals surface area (Å²) in [5, 5.41) is 9.14. The summed E-state index contributed by atoms with van der Waals surface area (Å²) in [5.74, 6) is -0.955. The first-order valence-electron chi connectivity index (χ1n) is 13.3. The molecule has 1 saturated heterocycles.